The van der Waals surface area contributed by atoms with Crippen LogP contribution in [0.25, 0.3) is 0 Å². The smallest absolute Gasteiger partial charge is 0.430 e. The van der Waals surface area contributed by atoms with Gasteiger partial charge in [-0.25, -0.2) is 19.4 Å². The number of fused-ring (bicyclic) bond motifs is 1. The summed E-state index contributed by atoms with van der Waals surface area (Å²) in [4.78, 5) is 37.6. The van der Waals surface area contributed by atoms with E-state index in [-0.39, 0.29) is 11.8 Å². The molecule has 1 saturated heterocycles. The fraction of sp³-hybridized carbons (Fsp3) is 0.824. The summed E-state index contributed by atoms with van der Waals surface area (Å²) < 4.78 is 15.7. The molecule has 0 radical (unpaired) electrons. The van der Waals surface area contributed by atoms with Gasteiger partial charge >= 0.3 is 18.2 Å². The summed E-state index contributed by atoms with van der Waals surface area (Å²) in [6.07, 6.45) is -0.699. The Balaban J connectivity index is 2.32. The van der Waals surface area contributed by atoms with Crippen LogP contribution in [0.5, 0.6) is 0 Å². The minimum atomic E-state index is -0.883. The van der Waals surface area contributed by atoms with Crippen LogP contribution in [0.1, 0.15) is 48.0 Å². The highest BCUT2D eigenvalue weighted by Gasteiger charge is 2.59. The number of hydrogen-bond donors (Lipinski definition) is 0. The van der Waals surface area contributed by atoms with Crippen LogP contribution < -0.4 is 0 Å². The number of ether oxygens (including phenoxy) is 3. The van der Waals surface area contributed by atoms with E-state index in [0.717, 1.165) is 11.4 Å². The van der Waals surface area contributed by atoms with Crippen molar-refractivity contribution in [2.75, 3.05) is 13.7 Å². The summed E-state index contributed by atoms with van der Waals surface area (Å²) in [6.45, 7) is 10.7. The zero-order chi connectivity index (χ0) is 19.2. The van der Waals surface area contributed by atoms with Crippen molar-refractivity contribution in [2.45, 2.75) is 65.2 Å². The molecule has 2 fully saturated rings. The van der Waals surface area contributed by atoms with Crippen LogP contribution in [-0.4, -0.2) is 59.1 Å². The Labute approximate surface area is 148 Å². The Kier molecular flexibility index (Phi) is 4.94. The number of esters is 1. The van der Waals surface area contributed by atoms with E-state index >= 15 is 0 Å². The quantitative estimate of drug-likeness (QED) is 0.530. The normalized spacial score (nSPS) is 25.8. The van der Waals surface area contributed by atoms with Gasteiger partial charge in [0.1, 0.15) is 11.2 Å². The van der Waals surface area contributed by atoms with Gasteiger partial charge in [0.15, 0.2) is 6.04 Å². The second-order valence-electron chi connectivity index (χ2n) is 8.51. The molecule has 0 aromatic rings. The van der Waals surface area contributed by atoms with Gasteiger partial charge in [-0.15, -0.1) is 0 Å². The Bertz CT molecular complexity index is 562. The number of carbonyl (C=O) groups is 3. The molecule has 1 aliphatic heterocycles. The monoisotopic (exact) mass is 356 g/mol. The first-order valence-electron chi connectivity index (χ1n) is 8.44. The van der Waals surface area contributed by atoms with Crippen molar-refractivity contribution in [3.63, 3.8) is 0 Å². The molecule has 0 N–H and O–H groups in total. The molecule has 2 amide bonds. The van der Waals surface area contributed by atoms with Gasteiger partial charge in [-0.05, 0) is 59.8 Å². The molecular formula is C17H28N2O6. The topological polar surface area (TPSA) is 85.4 Å². The highest BCUT2D eigenvalue weighted by Crippen LogP contribution is 2.48. The molecule has 1 heterocycles. The summed E-state index contributed by atoms with van der Waals surface area (Å²) in [6, 6.07) is -0.883. The minimum absolute atomic E-state index is 0.0290. The van der Waals surface area contributed by atoms with Gasteiger partial charge in [-0.3, -0.25) is 0 Å². The minimum Gasteiger partial charge on any atom is -0.467 e. The van der Waals surface area contributed by atoms with E-state index < -0.39 is 35.4 Å². The van der Waals surface area contributed by atoms with Crippen molar-refractivity contribution < 1.29 is 28.6 Å². The lowest BCUT2D eigenvalue weighted by Crippen LogP contribution is -2.62. The van der Waals surface area contributed by atoms with Crippen LogP contribution in [0.15, 0.2) is 0 Å². The number of amides is 2. The molecule has 0 spiro atoms. The third kappa shape index (κ3) is 4.55. The van der Waals surface area contributed by atoms with Gasteiger partial charge in [0.05, 0.1) is 7.11 Å². The van der Waals surface area contributed by atoms with Crippen LogP contribution in [0.3, 0.4) is 0 Å². The molecule has 0 aromatic heterocycles. The van der Waals surface area contributed by atoms with E-state index in [2.05, 4.69) is 0 Å². The van der Waals surface area contributed by atoms with Crippen LogP contribution in [0, 0.1) is 11.8 Å². The number of hydrazine groups is 1. The van der Waals surface area contributed by atoms with Gasteiger partial charge in [-0.2, -0.15) is 5.01 Å². The SMILES string of the molecule is COC(=O)C1C2CC2CN(C(=O)OC(C)(C)C)N1C(=O)OC(C)(C)C. The van der Waals surface area contributed by atoms with Gasteiger partial charge in [0, 0.05) is 6.54 Å². The lowest BCUT2D eigenvalue weighted by Gasteiger charge is -2.42. The maximum Gasteiger partial charge on any atom is 0.430 e. The first-order valence-corrected chi connectivity index (χ1v) is 8.44. The van der Waals surface area contributed by atoms with E-state index in [1.54, 1.807) is 41.5 Å². The number of rotatable bonds is 1. The predicted octanol–water partition coefficient (Wildman–Crippen LogP) is 2.57. The van der Waals surface area contributed by atoms with Crippen molar-refractivity contribution in [3.05, 3.63) is 0 Å². The molecule has 8 nitrogen and oxygen atoms in total. The summed E-state index contributed by atoms with van der Waals surface area (Å²) in [7, 11) is 1.26. The predicted molar refractivity (Wildman–Crippen MR) is 88.4 cm³/mol. The maximum atomic E-state index is 12.7. The lowest BCUT2D eigenvalue weighted by molar-refractivity contribution is -0.160. The fourth-order valence-electron chi connectivity index (χ4n) is 2.90. The summed E-state index contributed by atoms with van der Waals surface area (Å²) in [5, 5.41) is 2.24. The first kappa shape index (κ1) is 19.3. The Hall–Kier alpha value is -1.99. The largest absolute Gasteiger partial charge is 0.467 e. The van der Waals surface area contributed by atoms with E-state index in [9.17, 15) is 14.4 Å². The molecule has 25 heavy (non-hydrogen) atoms. The zero-order valence-electron chi connectivity index (χ0n) is 16.0. The maximum absolute atomic E-state index is 12.7. The summed E-state index contributed by atoms with van der Waals surface area (Å²) in [5.74, 6) is -0.444. The van der Waals surface area contributed by atoms with Crippen molar-refractivity contribution in [1.29, 1.82) is 0 Å². The van der Waals surface area contributed by atoms with Crippen LogP contribution in [-0.2, 0) is 19.0 Å². The Morgan fingerprint density at radius 2 is 1.44 bits per heavy atom. The van der Waals surface area contributed by atoms with Crippen molar-refractivity contribution >= 4 is 18.2 Å². The van der Waals surface area contributed by atoms with Gasteiger partial charge in [0.2, 0.25) is 0 Å². The molecule has 2 rings (SSSR count). The van der Waals surface area contributed by atoms with E-state index in [0.29, 0.717) is 6.54 Å². The molecule has 142 valence electrons. The van der Waals surface area contributed by atoms with E-state index in [4.69, 9.17) is 14.2 Å². The second-order valence-corrected chi connectivity index (χ2v) is 8.51. The molecular weight excluding hydrogens is 328 g/mol. The highest BCUT2D eigenvalue weighted by atomic mass is 16.6. The zero-order valence-corrected chi connectivity index (χ0v) is 16.0. The average molecular weight is 356 g/mol. The third-order valence-corrected chi connectivity index (χ3v) is 3.94. The summed E-state index contributed by atoms with van der Waals surface area (Å²) in [5.41, 5.74) is -1.49. The molecule has 8 heteroatoms. The molecule has 1 saturated carbocycles. The standard InChI is InChI=1S/C17H28N2O6/c1-16(2,3)24-14(21)18-9-10-8-11(10)12(13(20)23-7)19(18)15(22)25-17(4,5)6/h10-12H,8-9H2,1-7H3. The third-order valence-electron chi connectivity index (χ3n) is 3.94. The molecule has 3 unspecified atom stereocenters. The lowest BCUT2D eigenvalue weighted by atomic mass is 10.1. The van der Waals surface area contributed by atoms with Gasteiger partial charge in [0.25, 0.3) is 0 Å². The van der Waals surface area contributed by atoms with Crippen molar-refractivity contribution in [1.82, 2.24) is 10.0 Å². The van der Waals surface area contributed by atoms with Gasteiger partial charge < -0.3 is 14.2 Å². The number of nitrogens with zero attached hydrogens (tertiary/aromatic N) is 2. The number of methoxy groups -OCH3 is 1. The summed E-state index contributed by atoms with van der Waals surface area (Å²) >= 11 is 0. The average Bonchev–Trinajstić information content (AvgIpc) is 3.19. The fourth-order valence-corrected chi connectivity index (χ4v) is 2.90. The molecule has 0 bridgehead atoms. The Morgan fingerprint density at radius 1 is 0.920 bits per heavy atom. The van der Waals surface area contributed by atoms with E-state index in [1.165, 1.54) is 12.1 Å². The number of hydrogen-bond acceptors (Lipinski definition) is 6. The molecule has 3 atom stereocenters. The van der Waals surface area contributed by atoms with Crippen molar-refractivity contribution in [3.8, 4) is 0 Å². The number of carbonyl (C=O) groups excluding carboxylic acids is 3. The van der Waals surface area contributed by atoms with Crippen LogP contribution >= 0.6 is 0 Å². The molecule has 2 aliphatic rings. The van der Waals surface area contributed by atoms with Crippen LogP contribution in [0.2, 0.25) is 0 Å². The Morgan fingerprint density at radius 3 is 1.92 bits per heavy atom. The van der Waals surface area contributed by atoms with E-state index in [1.807, 2.05) is 0 Å². The van der Waals surface area contributed by atoms with Gasteiger partial charge in [-0.1, -0.05) is 0 Å². The highest BCUT2D eigenvalue weighted by molar-refractivity contribution is 5.84. The molecule has 1 aliphatic carbocycles. The van der Waals surface area contributed by atoms with Crippen LogP contribution in [0.4, 0.5) is 9.59 Å². The van der Waals surface area contributed by atoms with Crippen molar-refractivity contribution in [2.24, 2.45) is 11.8 Å². The molecule has 0 aromatic carbocycles. The first-order chi connectivity index (χ1) is 11.3. The second kappa shape index (κ2) is 6.38.